The molecule has 5 nitrogen and oxygen atoms in total. The second kappa shape index (κ2) is 7.77. The fraction of sp³-hybridized carbons (Fsp3) is 0.588. The molecule has 2 N–H and O–H groups in total. The Labute approximate surface area is 142 Å². The highest BCUT2D eigenvalue weighted by Crippen LogP contribution is 2.29. The van der Waals surface area contributed by atoms with Gasteiger partial charge in [0.15, 0.2) is 5.69 Å². The quantitative estimate of drug-likeness (QED) is 0.620. The normalized spacial score (nSPS) is 15.5. The molecule has 0 saturated heterocycles. The summed E-state index contributed by atoms with van der Waals surface area (Å²) in [5.74, 6) is 0.00917. The maximum Gasteiger partial charge on any atom is 0.356 e. The average Bonchev–Trinajstić information content (AvgIpc) is 2.54. The Balaban J connectivity index is 2.42. The highest BCUT2D eigenvalue weighted by Gasteiger charge is 2.23. The summed E-state index contributed by atoms with van der Waals surface area (Å²) in [6.07, 6.45) is 5.74. The number of anilines is 1. The third-order valence-corrected chi connectivity index (χ3v) is 4.46. The SMILES string of the molecule is COC(=O)c1cc(Cl)c(C(=N)C(C)C)c(NC2CCCCC2)n1. The van der Waals surface area contributed by atoms with E-state index in [2.05, 4.69) is 10.3 Å². The van der Waals surface area contributed by atoms with Crippen LogP contribution in [0.25, 0.3) is 0 Å². The number of pyridine rings is 1. The monoisotopic (exact) mass is 337 g/mol. The highest BCUT2D eigenvalue weighted by atomic mass is 35.5. The first-order chi connectivity index (χ1) is 10.9. The van der Waals surface area contributed by atoms with Gasteiger partial charge in [0.05, 0.1) is 17.7 Å². The Bertz CT molecular complexity index is 596. The number of hydrogen-bond acceptors (Lipinski definition) is 5. The van der Waals surface area contributed by atoms with Crippen molar-refractivity contribution >= 4 is 29.1 Å². The van der Waals surface area contributed by atoms with Crippen molar-refractivity contribution < 1.29 is 9.53 Å². The molecular formula is C17H24ClN3O2. The van der Waals surface area contributed by atoms with Gasteiger partial charge in [-0.25, -0.2) is 9.78 Å². The summed E-state index contributed by atoms with van der Waals surface area (Å²) in [6, 6.07) is 1.78. The molecule has 126 valence electrons. The average molecular weight is 338 g/mol. The third-order valence-electron chi connectivity index (χ3n) is 4.16. The van der Waals surface area contributed by atoms with Crippen molar-refractivity contribution in [2.24, 2.45) is 5.92 Å². The fourth-order valence-corrected chi connectivity index (χ4v) is 3.11. The first kappa shape index (κ1) is 17.7. The molecule has 0 radical (unpaired) electrons. The van der Waals surface area contributed by atoms with Crippen LogP contribution in [0.2, 0.25) is 5.02 Å². The molecule has 0 amide bonds. The largest absolute Gasteiger partial charge is 0.464 e. The van der Waals surface area contributed by atoms with Crippen molar-refractivity contribution in [1.29, 1.82) is 5.41 Å². The zero-order valence-electron chi connectivity index (χ0n) is 13.9. The molecule has 0 aromatic carbocycles. The van der Waals surface area contributed by atoms with E-state index in [-0.39, 0.29) is 11.6 Å². The number of rotatable bonds is 5. The standard InChI is InChI=1S/C17H24ClN3O2/c1-10(2)15(19)14-12(18)9-13(17(22)23-3)21-16(14)20-11-7-5-4-6-8-11/h9-11,19H,4-8H2,1-3H3,(H,20,21). The predicted octanol–water partition coefficient (Wildman–Crippen LogP) is 4.29. The minimum Gasteiger partial charge on any atom is -0.464 e. The molecule has 0 spiro atoms. The number of nitrogens with zero attached hydrogens (tertiary/aromatic N) is 1. The second-order valence-corrected chi connectivity index (χ2v) is 6.66. The number of aromatic nitrogens is 1. The van der Waals surface area contributed by atoms with E-state index < -0.39 is 5.97 Å². The minimum absolute atomic E-state index is 0.0187. The molecule has 1 aliphatic rings. The van der Waals surface area contributed by atoms with Gasteiger partial charge in [0.25, 0.3) is 0 Å². The van der Waals surface area contributed by atoms with Gasteiger partial charge in [0.2, 0.25) is 0 Å². The van der Waals surface area contributed by atoms with Crippen molar-refractivity contribution in [1.82, 2.24) is 4.98 Å². The third kappa shape index (κ3) is 4.22. The van der Waals surface area contributed by atoms with E-state index in [9.17, 15) is 4.79 Å². The van der Waals surface area contributed by atoms with Crippen LogP contribution in [0.3, 0.4) is 0 Å². The van der Waals surface area contributed by atoms with Gasteiger partial charge in [0.1, 0.15) is 5.82 Å². The van der Waals surface area contributed by atoms with Crippen LogP contribution < -0.4 is 5.32 Å². The smallest absolute Gasteiger partial charge is 0.356 e. The predicted molar refractivity (Wildman–Crippen MR) is 92.7 cm³/mol. The maximum absolute atomic E-state index is 11.8. The van der Waals surface area contributed by atoms with Gasteiger partial charge in [-0.15, -0.1) is 0 Å². The molecule has 1 aromatic heterocycles. The lowest BCUT2D eigenvalue weighted by molar-refractivity contribution is 0.0594. The summed E-state index contributed by atoms with van der Waals surface area (Å²) in [4.78, 5) is 16.2. The van der Waals surface area contributed by atoms with Crippen molar-refractivity contribution in [3.8, 4) is 0 Å². The van der Waals surface area contributed by atoms with E-state index in [4.69, 9.17) is 21.7 Å². The van der Waals surface area contributed by atoms with E-state index in [1.165, 1.54) is 32.4 Å². The van der Waals surface area contributed by atoms with Crippen molar-refractivity contribution in [3.05, 3.63) is 22.3 Å². The summed E-state index contributed by atoms with van der Waals surface area (Å²) in [5.41, 5.74) is 1.16. The van der Waals surface area contributed by atoms with Crippen LogP contribution in [0.4, 0.5) is 5.82 Å². The lowest BCUT2D eigenvalue weighted by Crippen LogP contribution is -2.25. The molecule has 0 bridgehead atoms. The summed E-state index contributed by atoms with van der Waals surface area (Å²) >= 11 is 6.36. The molecule has 1 aliphatic carbocycles. The first-order valence-corrected chi connectivity index (χ1v) is 8.46. The summed E-state index contributed by atoms with van der Waals surface area (Å²) < 4.78 is 4.74. The van der Waals surface area contributed by atoms with E-state index in [1.807, 2.05) is 13.8 Å². The first-order valence-electron chi connectivity index (χ1n) is 8.08. The minimum atomic E-state index is -0.527. The molecule has 1 saturated carbocycles. The molecule has 6 heteroatoms. The summed E-state index contributed by atoms with van der Waals surface area (Å²) in [5, 5.41) is 12.1. The van der Waals surface area contributed by atoms with Gasteiger partial charge in [-0.3, -0.25) is 0 Å². The van der Waals surface area contributed by atoms with Crippen LogP contribution >= 0.6 is 11.6 Å². The van der Waals surface area contributed by atoms with Crippen LogP contribution in [-0.2, 0) is 4.74 Å². The Kier molecular flexibility index (Phi) is 5.99. The highest BCUT2D eigenvalue weighted by molar-refractivity contribution is 6.35. The second-order valence-electron chi connectivity index (χ2n) is 6.25. The van der Waals surface area contributed by atoms with Crippen LogP contribution in [0, 0.1) is 11.3 Å². The van der Waals surface area contributed by atoms with Gasteiger partial charge in [-0.2, -0.15) is 0 Å². The Hall–Kier alpha value is -1.62. The molecule has 1 heterocycles. The molecule has 0 unspecified atom stereocenters. The van der Waals surface area contributed by atoms with Gasteiger partial charge in [-0.1, -0.05) is 44.7 Å². The van der Waals surface area contributed by atoms with Gasteiger partial charge in [0, 0.05) is 11.8 Å². The zero-order valence-corrected chi connectivity index (χ0v) is 14.7. The van der Waals surface area contributed by atoms with Gasteiger partial charge < -0.3 is 15.5 Å². The molecule has 0 atom stereocenters. The number of hydrogen-bond donors (Lipinski definition) is 2. The number of halogens is 1. The molecule has 0 aliphatic heterocycles. The molecule has 1 aromatic rings. The number of esters is 1. The summed E-state index contributed by atoms with van der Waals surface area (Å²) in [7, 11) is 1.32. The number of methoxy groups -OCH3 is 1. The van der Waals surface area contributed by atoms with Crippen LogP contribution in [0.1, 0.15) is 62.0 Å². The number of carbonyl (C=O) groups excluding carboxylic acids is 1. The Morgan fingerprint density at radius 2 is 2.04 bits per heavy atom. The molecule has 2 rings (SSSR count). The van der Waals surface area contributed by atoms with Gasteiger partial charge in [-0.05, 0) is 24.8 Å². The topological polar surface area (TPSA) is 75.1 Å². The van der Waals surface area contributed by atoms with Crippen LogP contribution in [0.5, 0.6) is 0 Å². The van der Waals surface area contributed by atoms with Crippen molar-refractivity contribution in [2.75, 3.05) is 12.4 Å². The lowest BCUT2D eigenvalue weighted by atomic mass is 9.94. The number of carbonyl (C=O) groups is 1. The van der Waals surface area contributed by atoms with Crippen molar-refractivity contribution in [3.63, 3.8) is 0 Å². The van der Waals surface area contributed by atoms with E-state index in [0.29, 0.717) is 28.2 Å². The Morgan fingerprint density at radius 3 is 2.61 bits per heavy atom. The van der Waals surface area contributed by atoms with E-state index in [0.717, 1.165) is 12.8 Å². The van der Waals surface area contributed by atoms with E-state index >= 15 is 0 Å². The molecule has 23 heavy (non-hydrogen) atoms. The Morgan fingerprint density at radius 1 is 1.39 bits per heavy atom. The molecular weight excluding hydrogens is 314 g/mol. The molecule has 1 fully saturated rings. The van der Waals surface area contributed by atoms with Crippen LogP contribution in [-0.4, -0.2) is 29.8 Å². The van der Waals surface area contributed by atoms with Gasteiger partial charge >= 0.3 is 5.97 Å². The van der Waals surface area contributed by atoms with Crippen molar-refractivity contribution in [2.45, 2.75) is 52.0 Å². The fourth-order valence-electron chi connectivity index (χ4n) is 2.81. The van der Waals surface area contributed by atoms with E-state index in [1.54, 1.807) is 0 Å². The number of ether oxygens (including phenoxy) is 1. The van der Waals surface area contributed by atoms with Crippen LogP contribution in [0.15, 0.2) is 6.07 Å². The number of nitrogens with one attached hydrogen (secondary N) is 2. The maximum atomic E-state index is 11.8. The summed E-state index contributed by atoms with van der Waals surface area (Å²) in [6.45, 7) is 3.88. The lowest BCUT2D eigenvalue weighted by Gasteiger charge is -2.25. The zero-order chi connectivity index (χ0) is 17.0.